The van der Waals surface area contributed by atoms with Crippen molar-refractivity contribution in [3.05, 3.63) is 34.8 Å². The van der Waals surface area contributed by atoms with E-state index in [-0.39, 0.29) is 0 Å². The second-order valence-corrected chi connectivity index (χ2v) is 8.92. The third-order valence-electron chi connectivity index (χ3n) is 3.28. The number of rotatable bonds is 4. The molecule has 0 unspecified atom stereocenters. The maximum atomic E-state index is 11.5. The monoisotopic (exact) mass is 323 g/mol. The van der Waals surface area contributed by atoms with Gasteiger partial charge in [-0.3, -0.25) is 0 Å². The van der Waals surface area contributed by atoms with Crippen LogP contribution in [0.3, 0.4) is 0 Å². The van der Waals surface area contributed by atoms with Crippen molar-refractivity contribution < 1.29 is 8.42 Å². The molecule has 0 fully saturated rings. The highest BCUT2D eigenvalue weighted by Gasteiger charge is 2.17. The average molecular weight is 323 g/mol. The molecule has 2 rings (SSSR count). The summed E-state index contributed by atoms with van der Waals surface area (Å²) in [5, 5.41) is 0.961. The Hall–Kier alpha value is -1.20. The van der Waals surface area contributed by atoms with E-state index in [4.69, 9.17) is 4.98 Å². The largest absolute Gasteiger partial charge is 0.241 e. The minimum Gasteiger partial charge on any atom is -0.241 e. The van der Waals surface area contributed by atoms with Crippen molar-refractivity contribution in [3.8, 4) is 10.6 Å². The SMILES string of the molecule is CC(C)c1nc(-c2ccc(S(C)(=O)=O)cc2)sc1C(C)C. The summed E-state index contributed by atoms with van der Waals surface area (Å²) in [5.41, 5.74) is 2.12. The summed E-state index contributed by atoms with van der Waals surface area (Å²) in [4.78, 5) is 6.42. The highest BCUT2D eigenvalue weighted by Crippen LogP contribution is 2.36. The molecule has 3 nitrogen and oxygen atoms in total. The van der Waals surface area contributed by atoms with E-state index in [1.54, 1.807) is 23.5 Å². The molecular weight excluding hydrogens is 302 g/mol. The van der Waals surface area contributed by atoms with Crippen LogP contribution in [0.15, 0.2) is 29.2 Å². The van der Waals surface area contributed by atoms with E-state index in [0.717, 1.165) is 16.3 Å². The van der Waals surface area contributed by atoms with Gasteiger partial charge in [0.1, 0.15) is 5.01 Å². The van der Waals surface area contributed by atoms with Gasteiger partial charge in [0.25, 0.3) is 0 Å². The zero-order valence-corrected chi connectivity index (χ0v) is 14.7. The Morgan fingerprint density at radius 1 is 1.00 bits per heavy atom. The zero-order chi connectivity index (χ0) is 15.8. The summed E-state index contributed by atoms with van der Waals surface area (Å²) in [6, 6.07) is 6.97. The van der Waals surface area contributed by atoms with Crippen LogP contribution in [0.1, 0.15) is 50.1 Å². The molecule has 0 radical (unpaired) electrons. The fourth-order valence-electron chi connectivity index (χ4n) is 2.14. The normalized spacial score (nSPS) is 12.3. The summed E-state index contributed by atoms with van der Waals surface area (Å²) in [6.45, 7) is 8.65. The van der Waals surface area contributed by atoms with Crippen LogP contribution < -0.4 is 0 Å². The first-order valence-corrected chi connectivity index (χ1v) is 9.72. The number of aromatic nitrogens is 1. The Morgan fingerprint density at radius 2 is 1.57 bits per heavy atom. The Morgan fingerprint density at radius 3 is 1.95 bits per heavy atom. The first-order valence-electron chi connectivity index (χ1n) is 7.01. The van der Waals surface area contributed by atoms with E-state index in [2.05, 4.69) is 27.7 Å². The van der Waals surface area contributed by atoms with E-state index in [9.17, 15) is 8.42 Å². The lowest BCUT2D eigenvalue weighted by atomic mass is 10.0. The third-order valence-corrected chi connectivity index (χ3v) is 5.83. The molecule has 0 saturated heterocycles. The van der Waals surface area contributed by atoms with E-state index in [1.165, 1.54) is 11.1 Å². The molecule has 0 aliphatic heterocycles. The number of benzene rings is 1. The van der Waals surface area contributed by atoms with Crippen LogP contribution in [0.2, 0.25) is 0 Å². The second kappa shape index (κ2) is 5.89. The van der Waals surface area contributed by atoms with Crippen LogP contribution >= 0.6 is 11.3 Å². The summed E-state index contributed by atoms with van der Waals surface area (Å²) in [5.74, 6) is 0.839. The fraction of sp³-hybridized carbons (Fsp3) is 0.438. The number of hydrogen-bond donors (Lipinski definition) is 0. The minimum absolute atomic E-state index is 0.343. The van der Waals surface area contributed by atoms with Gasteiger partial charge in [-0.15, -0.1) is 11.3 Å². The summed E-state index contributed by atoms with van der Waals surface area (Å²) < 4.78 is 23.0. The van der Waals surface area contributed by atoms with Gasteiger partial charge in [0, 0.05) is 16.7 Å². The Balaban J connectivity index is 2.45. The molecule has 0 amide bonds. The van der Waals surface area contributed by atoms with Gasteiger partial charge in [-0.1, -0.05) is 39.8 Å². The van der Waals surface area contributed by atoms with Crippen molar-refractivity contribution in [2.24, 2.45) is 0 Å². The van der Waals surface area contributed by atoms with Crippen LogP contribution in [0.25, 0.3) is 10.6 Å². The Kier molecular flexibility index (Phi) is 4.54. The Bertz CT molecular complexity index is 701. The number of thiazole rings is 1. The van der Waals surface area contributed by atoms with Crippen molar-refractivity contribution in [1.82, 2.24) is 4.98 Å². The van der Waals surface area contributed by atoms with Gasteiger partial charge in [-0.25, -0.2) is 13.4 Å². The molecule has 1 aromatic carbocycles. The lowest BCUT2D eigenvalue weighted by Crippen LogP contribution is -1.96. The maximum absolute atomic E-state index is 11.5. The highest BCUT2D eigenvalue weighted by atomic mass is 32.2. The lowest BCUT2D eigenvalue weighted by molar-refractivity contribution is 0.602. The quantitative estimate of drug-likeness (QED) is 0.834. The lowest BCUT2D eigenvalue weighted by Gasteiger charge is -2.07. The fourth-order valence-corrected chi connectivity index (χ4v) is 4.00. The molecule has 0 spiro atoms. The molecule has 0 aliphatic carbocycles. The molecule has 0 aliphatic rings. The van der Waals surface area contributed by atoms with Gasteiger partial charge in [-0.05, 0) is 24.0 Å². The van der Waals surface area contributed by atoms with E-state index in [0.29, 0.717) is 16.7 Å². The standard InChI is InChI=1S/C16H21NO2S2/c1-10(2)14-15(11(3)4)20-16(17-14)12-6-8-13(9-7-12)21(5,18)19/h6-11H,1-5H3. The molecule has 114 valence electrons. The van der Waals surface area contributed by atoms with Gasteiger partial charge in [0.05, 0.1) is 10.6 Å². The molecule has 0 saturated carbocycles. The van der Waals surface area contributed by atoms with Crippen LogP contribution in [0, 0.1) is 0 Å². The van der Waals surface area contributed by atoms with Crippen LogP contribution in [-0.2, 0) is 9.84 Å². The molecule has 0 N–H and O–H groups in total. The van der Waals surface area contributed by atoms with Crippen molar-refractivity contribution in [2.45, 2.75) is 44.4 Å². The minimum atomic E-state index is -3.15. The summed E-state index contributed by atoms with van der Waals surface area (Å²) in [7, 11) is -3.15. The number of hydrogen-bond acceptors (Lipinski definition) is 4. The van der Waals surface area contributed by atoms with E-state index >= 15 is 0 Å². The van der Waals surface area contributed by atoms with Gasteiger partial charge >= 0.3 is 0 Å². The van der Waals surface area contributed by atoms with Crippen molar-refractivity contribution in [1.29, 1.82) is 0 Å². The molecular formula is C16H21NO2S2. The Labute approximate surface area is 131 Å². The van der Waals surface area contributed by atoms with Crippen LogP contribution in [0.5, 0.6) is 0 Å². The van der Waals surface area contributed by atoms with Gasteiger partial charge in [-0.2, -0.15) is 0 Å². The maximum Gasteiger partial charge on any atom is 0.175 e. The van der Waals surface area contributed by atoms with Gasteiger partial charge < -0.3 is 0 Å². The van der Waals surface area contributed by atoms with Gasteiger partial charge in [0.15, 0.2) is 9.84 Å². The first kappa shape index (κ1) is 16.2. The summed E-state index contributed by atoms with van der Waals surface area (Å²) in [6.07, 6.45) is 1.22. The molecule has 0 atom stereocenters. The van der Waals surface area contributed by atoms with Crippen molar-refractivity contribution in [3.63, 3.8) is 0 Å². The van der Waals surface area contributed by atoms with Crippen LogP contribution in [-0.4, -0.2) is 19.7 Å². The topological polar surface area (TPSA) is 47.0 Å². The smallest absolute Gasteiger partial charge is 0.175 e. The molecule has 1 aromatic heterocycles. The molecule has 5 heteroatoms. The number of sulfone groups is 1. The first-order chi connectivity index (χ1) is 9.70. The second-order valence-electron chi connectivity index (χ2n) is 5.87. The molecule has 21 heavy (non-hydrogen) atoms. The molecule has 1 heterocycles. The predicted molar refractivity (Wildman–Crippen MR) is 88.8 cm³/mol. The average Bonchev–Trinajstić information content (AvgIpc) is 2.83. The third kappa shape index (κ3) is 3.52. The van der Waals surface area contributed by atoms with E-state index in [1.807, 2.05) is 12.1 Å². The van der Waals surface area contributed by atoms with E-state index < -0.39 is 9.84 Å². The highest BCUT2D eigenvalue weighted by molar-refractivity contribution is 7.90. The van der Waals surface area contributed by atoms with Gasteiger partial charge in [0.2, 0.25) is 0 Å². The molecule has 2 aromatic rings. The zero-order valence-electron chi connectivity index (χ0n) is 13.0. The number of nitrogens with zero attached hydrogens (tertiary/aromatic N) is 1. The molecule has 0 bridgehead atoms. The van der Waals surface area contributed by atoms with Crippen molar-refractivity contribution in [2.75, 3.05) is 6.26 Å². The summed E-state index contributed by atoms with van der Waals surface area (Å²) >= 11 is 1.70. The predicted octanol–water partition coefficient (Wildman–Crippen LogP) is 4.46. The van der Waals surface area contributed by atoms with Crippen LogP contribution in [0.4, 0.5) is 0 Å². The van der Waals surface area contributed by atoms with Crippen molar-refractivity contribution >= 4 is 21.2 Å².